The number of nitrogen functional groups attached to an aromatic ring is 1. The van der Waals surface area contributed by atoms with E-state index in [4.69, 9.17) is 15.2 Å². The molecule has 5 heterocycles. The van der Waals surface area contributed by atoms with E-state index in [1.54, 1.807) is 14.0 Å². The van der Waals surface area contributed by atoms with Gasteiger partial charge < -0.3 is 25.0 Å². The summed E-state index contributed by atoms with van der Waals surface area (Å²) >= 11 is 0. The van der Waals surface area contributed by atoms with Crippen LogP contribution in [0.2, 0.25) is 0 Å². The Morgan fingerprint density at radius 1 is 1.05 bits per heavy atom. The van der Waals surface area contributed by atoms with Crippen molar-refractivity contribution in [3.8, 4) is 28.3 Å². The first kappa shape index (κ1) is 26.1. The predicted molar refractivity (Wildman–Crippen MR) is 153 cm³/mol. The van der Waals surface area contributed by atoms with Gasteiger partial charge in [-0.3, -0.25) is 9.48 Å². The van der Waals surface area contributed by atoms with E-state index in [0.717, 1.165) is 78.6 Å². The highest BCUT2D eigenvalue weighted by Gasteiger charge is 2.32. The van der Waals surface area contributed by atoms with Crippen LogP contribution in [0.3, 0.4) is 0 Å². The van der Waals surface area contributed by atoms with Gasteiger partial charge in [0.1, 0.15) is 17.6 Å². The van der Waals surface area contributed by atoms with Gasteiger partial charge in [0.2, 0.25) is 5.91 Å². The Hall–Kier alpha value is -4.12. The maximum atomic E-state index is 12.2. The number of carbonyl (C=O) groups excluding carboxylic acids is 1. The van der Waals surface area contributed by atoms with Gasteiger partial charge in [-0.25, -0.2) is 9.50 Å². The Labute approximate surface area is 233 Å². The number of amides is 1. The number of hydrogen-bond acceptors (Lipinski definition) is 8. The predicted octanol–water partition coefficient (Wildman–Crippen LogP) is 3.65. The van der Waals surface area contributed by atoms with Crippen LogP contribution in [-0.2, 0) is 9.53 Å². The van der Waals surface area contributed by atoms with Crippen LogP contribution in [0.15, 0.2) is 42.9 Å². The van der Waals surface area contributed by atoms with Crippen LogP contribution in [0.5, 0.6) is 5.75 Å². The first-order valence-corrected chi connectivity index (χ1v) is 13.8. The lowest BCUT2D eigenvalue weighted by atomic mass is 10.0. The first-order valence-electron chi connectivity index (χ1n) is 13.8. The molecule has 2 fully saturated rings. The molecule has 0 aliphatic carbocycles. The van der Waals surface area contributed by atoms with Crippen LogP contribution in [-0.4, -0.2) is 80.7 Å². The third-order valence-corrected chi connectivity index (χ3v) is 8.14. The summed E-state index contributed by atoms with van der Waals surface area (Å²) in [5.74, 6) is 1.25. The van der Waals surface area contributed by atoms with Crippen molar-refractivity contribution in [1.82, 2.24) is 29.3 Å². The Morgan fingerprint density at radius 2 is 1.80 bits per heavy atom. The summed E-state index contributed by atoms with van der Waals surface area (Å²) < 4.78 is 15.3. The molecule has 11 heteroatoms. The number of methoxy groups -OCH3 is 1. The normalized spacial score (nSPS) is 20.3. The molecule has 2 N–H and O–H groups in total. The van der Waals surface area contributed by atoms with Gasteiger partial charge in [0.15, 0.2) is 5.82 Å². The average molecular weight is 545 g/mol. The summed E-state index contributed by atoms with van der Waals surface area (Å²) in [5, 5.41) is 9.31. The highest BCUT2D eigenvalue weighted by molar-refractivity contribution is 5.91. The number of rotatable bonds is 5. The summed E-state index contributed by atoms with van der Waals surface area (Å²) in [6, 6.07) is 10.8. The average Bonchev–Trinajstić information content (AvgIpc) is 3.58. The Morgan fingerprint density at radius 3 is 2.50 bits per heavy atom. The van der Waals surface area contributed by atoms with Gasteiger partial charge in [0.25, 0.3) is 0 Å². The highest BCUT2D eigenvalue weighted by Crippen LogP contribution is 2.39. The molecule has 1 aromatic carbocycles. The molecule has 0 saturated carbocycles. The Balaban J connectivity index is 1.45. The number of hydrogen-bond donors (Lipinski definition) is 1. The number of anilines is 2. The fourth-order valence-electron chi connectivity index (χ4n) is 6.40. The van der Waals surface area contributed by atoms with Crippen molar-refractivity contribution in [2.75, 3.05) is 44.0 Å². The maximum Gasteiger partial charge on any atom is 0.220 e. The summed E-state index contributed by atoms with van der Waals surface area (Å²) in [6.45, 7) is 8.75. The summed E-state index contributed by atoms with van der Waals surface area (Å²) in [5.41, 5.74) is 12.0. The molecular weight excluding hydrogens is 508 g/mol. The van der Waals surface area contributed by atoms with Crippen LogP contribution < -0.4 is 15.4 Å². The lowest BCUT2D eigenvalue weighted by molar-refractivity contribution is -0.133. The largest absolute Gasteiger partial charge is 0.497 e. The topological polar surface area (TPSA) is 116 Å². The van der Waals surface area contributed by atoms with Crippen molar-refractivity contribution >= 4 is 22.9 Å². The molecule has 6 rings (SSSR count). The number of piperazine rings is 1. The third-order valence-electron chi connectivity index (χ3n) is 8.14. The van der Waals surface area contributed by atoms with Gasteiger partial charge in [0, 0.05) is 74.4 Å². The van der Waals surface area contributed by atoms with Crippen molar-refractivity contribution in [1.29, 1.82) is 0 Å². The zero-order valence-electron chi connectivity index (χ0n) is 23.4. The third kappa shape index (κ3) is 4.53. The quantitative estimate of drug-likeness (QED) is 0.405. The van der Waals surface area contributed by atoms with Crippen molar-refractivity contribution in [2.45, 2.75) is 51.7 Å². The molecule has 3 aromatic heterocycles. The van der Waals surface area contributed by atoms with E-state index in [1.807, 2.05) is 33.8 Å². The molecule has 40 heavy (non-hydrogen) atoms. The number of benzene rings is 1. The van der Waals surface area contributed by atoms with Crippen LogP contribution in [0.4, 0.5) is 11.5 Å². The number of ether oxygens (including phenoxy) is 2. The fraction of sp³-hybridized carbons (Fsp3) is 0.448. The van der Waals surface area contributed by atoms with Crippen molar-refractivity contribution in [3.05, 3.63) is 42.9 Å². The molecule has 0 unspecified atom stereocenters. The SMILES string of the molecule is COc1cc(-c2cc(-c3ccnn3C3CCOCC3)c3c(N)ncnn23)cc(N2C[C@@H](C)N(C(C)=O)[C@@H](C)C2)c1. The molecule has 2 aliphatic rings. The Kier molecular flexibility index (Phi) is 6.83. The minimum atomic E-state index is 0.0923. The van der Waals surface area contributed by atoms with E-state index in [9.17, 15) is 4.79 Å². The molecule has 0 spiro atoms. The van der Waals surface area contributed by atoms with E-state index >= 15 is 0 Å². The van der Waals surface area contributed by atoms with Crippen LogP contribution in [0.25, 0.3) is 28.0 Å². The van der Waals surface area contributed by atoms with Crippen LogP contribution in [0.1, 0.15) is 39.7 Å². The minimum Gasteiger partial charge on any atom is -0.497 e. The molecule has 210 valence electrons. The summed E-state index contributed by atoms with van der Waals surface area (Å²) in [4.78, 5) is 20.8. The number of aromatic nitrogens is 5. The van der Waals surface area contributed by atoms with Crippen LogP contribution >= 0.6 is 0 Å². The number of carbonyl (C=O) groups is 1. The van der Waals surface area contributed by atoms with Crippen molar-refractivity contribution in [2.24, 2.45) is 0 Å². The second-order valence-corrected chi connectivity index (χ2v) is 10.8. The van der Waals surface area contributed by atoms with Crippen molar-refractivity contribution < 1.29 is 14.3 Å². The molecular formula is C29H36N8O3. The van der Waals surface area contributed by atoms with E-state index in [0.29, 0.717) is 5.82 Å². The van der Waals surface area contributed by atoms with Gasteiger partial charge in [0.05, 0.1) is 24.5 Å². The summed E-state index contributed by atoms with van der Waals surface area (Å²) in [6.07, 6.45) is 5.13. The monoisotopic (exact) mass is 544 g/mol. The standard InChI is InChI=1S/C29H36N8O3/c1-18-15-34(16-19(2)35(18)20(3)38)23-11-21(12-24(13-23)39-4)27-14-25(28-29(30)31-17-33-37(27)28)26-5-8-32-36(26)22-6-9-40-10-7-22/h5,8,11-14,17-19,22H,6-7,9-10,15-16H2,1-4H3,(H2,30,31,33)/t18-,19+. The molecule has 2 aliphatic heterocycles. The van der Waals surface area contributed by atoms with Gasteiger partial charge in [-0.15, -0.1) is 0 Å². The number of nitrogens with zero attached hydrogens (tertiary/aromatic N) is 7. The first-order chi connectivity index (χ1) is 19.4. The van der Waals surface area contributed by atoms with Gasteiger partial charge in [-0.2, -0.15) is 10.2 Å². The van der Waals surface area contributed by atoms with Crippen LogP contribution in [0, 0.1) is 0 Å². The van der Waals surface area contributed by atoms with Gasteiger partial charge in [-0.1, -0.05) is 0 Å². The fourth-order valence-corrected chi connectivity index (χ4v) is 6.40. The minimum absolute atomic E-state index is 0.0923. The lowest BCUT2D eigenvalue weighted by Crippen LogP contribution is -2.58. The number of fused-ring (bicyclic) bond motifs is 1. The van der Waals surface area contributed by atoms with E-state index in [1.165, 1.54) is 6.33 Å². The maximum absolute atomic E-state index is 12.2. The Bertz CT molecular complexity index is 1530. The molecule has 0 radical (unpaired) electrons. The number of nitrogens with two attached hydrogens (primary N) is 1. The zero-order chi connectivity index (χ0) is 28.0. The zero-order valence-corrected chi connectivity index (χ0v) is 23.4. The van der Waals surface area contributed by atoms with Gasteiger partial charge >= 0.3 is 0 Å². The second kappa shape index (κ2) is 10.5. The molecule has 11 nitrogen and oxygen atoms in total. The molecule has 4 aromatic rings. The van der Waals surface area contributed by atoms with Crippen molar-refractivity contribution in [3.63, 3.8) is 0 Å². The molecule has 2 saturated heterocycles. The smallest absolute Gasteiger partial charge is 0.220 e. The lowest BCUT2D eigenvalue weighted by Gasteiger charge is -2.45. The van der Waals surface area contributed by atoms with E-state index < -0.39 is 0 Å². The molecule has 1 amide bonds. The van der Waals surface area contributed by atoms with E-state index in [-0.39, 0.29) is 24.0 Å². The van der Waals surface area contributed by atoms with E-state index in [2.05, 4.69) is 50.7 Å². The molecule has 0 bridgehead atoms. The summed E-state index contributed by atoms with van der Waals surface area (Å²) in [7, 11) is 1.68. The second-order valence-electron chi connectivity index (χ2n) is 10.8. The highest BCUT2D eigenvalue weighted by atomic mass is 16.5. The molecule has 2 atom stereocenters. The van der Waals surface area contributed by atoms with Gasteiger partial charge in [-0.05, 0) is 51.0 Å².